The minimum Gasteiger partial charge on any atom is -0.432 e. The molecule has 1 atom stereocenters. The number of methoxy groups -OCH3 is 1. The van der Waals surface area contributed by atoms with Crippen molar-refractivity contribution in [2.24, 2.45) is 0 Å². The zero-order valence-corrected chi connectivity index (χ0v) is 9.19. The van der Waals surface area contributed by atoms with Crippen LogP contribution in [0, 0.1) is 0 Å². The molecule has 1 aliphatic heterocycles. The van der Waals surface area contributed by atoms with Crippen molar-refractivity contribution >= 4 is 6.01 Å². The number of oxazole rings is 1. The number of hydrogen-bond donors (Lipinski definition) is 1. The largest absolute Gasteiger partial charge is 0.432 e. The van der Waals surface area contributed by atoms with E-state index in [1.165, 1.54) is 0 Å². The van der Waals surface area contributed by atoms with Gasteiger partial charge >= 0.3 is 0 Å². The monoisotopic (exact) mass is 211 g/mol. The Bertz CT molecular complexity index is 313. The third-order valence-electron chi connectivity index (χ3n) is 2.65. The van der Waals surface area contributed by atoms with E-state index in [1.54, 1.807) is 13.4 Å². The first kappa shape index (κ1) is 10.4. The fourth-order valence-corrected chi connectivity index (χ4v) is 1.80. The second-order valence-corrected chi connectivity index (χ2v) is 3.74. The first-order chi connectivity index (χ1) is 7.33. The highest BCUT2D eigenvalue weighted by Gasteiger charge is 2.25. The molecule has 0 amide bonds. The molecule has 1 N–H and O–H groups in total. The number of anilines is 1. The van der Waals surface area contributed by atoms with Crippen molar-refractivity contribution in [3.8, 4) is 0 Å². The maximum Gasteiger partial charge on any atom is 0.297 e. The maximum atomic E-state index is 5.41. The summed E-state index contributed by atoms with van der Waals surface area (Å²) in [5.41, 5.74) is 0.938. The van der Waals surface area contributed by atoms with Gasteiger partial charge in [0.25, 0.3) is 6.01 Å². The van der Waals surface area contributed by atoms with Gasteiger partial charge in [0.2, 0.25) is 0 Å². The van der Waals surface area contributed by atoms with Crippen LogP contribution in [0.15, 0.2) is 10.7 Å². The van der Waals surface area contributed by atoms with Gasteiger partial charge in [-0.1, -0.05) is 0 Å². The highest BCUT2D eigenvalue weighted by molar-refractivity contribution is 5.29. The average molecular weight is 211 g/mol. The Morgan fingerprint density at radius 1 is 1.73 bits per heavy atom. The Labute approximate surface area is 89.4 Å². The van der Waals surface area contributed by atoms with Crippen molar-refractivity contribution in [3.05, 3.63) is 12.0 Å². The molecule has 15 heavy (non-hydrogen) atoms. The van der Waals surface area contributed by atoms with Gasteiger partial charge in [-0.2, -0.15) is 4.98 Å². The summed E-state index contributed by atoms with van der Waals surface area (Å²) in [6.45, 7) is 2.57. The first-order valence-corrected chi connectivity index (χ1v) is 5.20. The van der Waals surface area contributed by atoms with E-state index in [-0.39, 0.29) is 0 Å². The number of nitrogens with zero attached hydrogens (tertiary/aromatic N) is 2. The molecule has 1 fully saturated rings. The lowest BCUT2D eigenvalue weighted by molar-refractivity contribution is 0.121. The lowest BCUT2D eigenvalue weighted by Gasteiger charge is -2.12. The molecule has 0 bridgehead atoms. The Hall–Kier alpha value is -1.07. The third-order valence-corrected chi connectivity index (χ3v) is 2.65. The second kappa shape index (κ2) is 4.63. The van der Waals surface area contributed by atoms with E-state index in [1.807, 2.05) is 7.05 Å². The molecule has 2 rings (SSSR count). The summed E-state index contributed by atoms with van der Waals surface area (Å²) in [4.78, 5) is 6.51. The predicted molar refractivity (Wildman–Crippen MR) is 56.9 cm³/mol. The van der Waals surface area contributed by atoms with Crippen LogP contribution in [0.2, 0.25) is 0 Å². The van der Waals surface area contributed by atoms with Crippen molar-refractivity contribution in [1.29, 1.82) is 0 Å². The molecule has 2 heterocycles. The number of hydrogen-bond acceptors (Lipinski definition) is 5. The zero-order chi connectivity index (χ0) is 10.7. The SMILES string of the molecule is CNCc1coc(N2CCC(OC)C2)n1. The fourth-order valence-electron chi connectivity index (χ4n) is 1.80. The quantitative estimate of drug-likeness (QED) is 0.791. The summed E-state index contributed by atoms with van der Waals surface area (Å²) in [7, 11) is 3.64. The van der Waals surface area contributed by atoms with Gasteiger partial charge < -0.3 is 19.4 Å². The summed E-state index contributed by atoms with van der Waals surface area (Å²) < 4.78 is 10.7. The Balaban J connectivity index is 1.97. The second-order valence-electron chi connectivity index (χ2n) is 3.74. The van der Waals surface area contributed by atoms with Crippen LogP contribution in [0.4, 0.5) is 6.01 Å². The highest BCUT2D eigenvalue weighted by atomic mass is 16.5. The summed E-state index contributed by atoms with van der Waals surface area (Å²) in [6.07, 6.45) is 3.05. The summed E-state index contributed by atoms with van der Waals surface area (Å²) in [6, 6.07) is 0.708. The maximum absolute atomic E-state index is 5.41. The number of ether oxygens (including phenoxy) is 1. The molecule has 1 aliphatic rings. The lowest BCUT2D eigenvalue weighted by Crippen LogP contribution is -2.22. The van der Waals surface area contributed by atoms with Gasteiger partial charge in [-0.3, -0.25) is 0 Å². The molecule has 1 aromatic rings. The predicted octanol–water partition coefficient (Wildman–Crippen LogP) is 0.619. The molecule has 1 saturated heterocycles. The topological polar surface area (TPSA) is 50.5 Å². The lowest BCUT2D eigenvalue weighted by atomic mass is 10.3. The van der Waals surface area contributed by atoms with Crippen molar-refractivity contribution in [2.75, 3.05) is 32.1 Å². The van der Waals surface area contributed by atoms with Gasteiger partial charge in [0.1, 0.15) is 6.26 Å². The van der Waals surface area contributed by atoms with E-state index in [4.69, 9.17) is 9.15 Å². The number of rotatable bonds is 4. The van der Waals surface area contributed by atoms with Crippen LogP contribution in [0.25, 0.3) is 0 Å². The van der Waals surface area contributed by atoms with Gasteiger partial charge in [-0.15, -0.1) is 0 Å². The smallest absolute Gasteiger partial charge is 0.297 e. The van der Waals surface area contributed by atoms with Crippen molar-refractivity contribution < 1.29 is 9.15 Å². The van der Waals surface area contributed by atoms with E-state index in [9.17, 15) is 0 Å². The molecule has 84 valence electrons. The van der Waals surface area contributed by atoms with Gasteiger partial charge in [0.15, 0.2) is 0 Å². The van der Waals surface area contributed by atoms with Crippen LogP contribution in [0.1, 0.15) is 12.1 Å². The normalized spacial score (nSPS) is 21.2. The number of nitrogens with one attached hydrogen (secondary N) is 1. The molecule has 0 aromatic carbocycles. The first-order valence-electron chi connectivity index (χ1n) is 5.20. The fraction of sp³-hybridized carbons (Fsp3) is 0.700. The molecule has 5 nitrogen and oxygen atoms in total. The standard InChI is InChI=1S/C10H17N3O2/c1-11-5-8-7-15-10(12-8)13-4-3-9(6-13)14-2/h7,9,11H,3-6H2,1-2H3. The minimum absolute atomic E-state index is 0.310. The van der Waals surface area contributed by atoms with Gasteiger partial charge in [-0.25, -0.2) is 0 Å². The molecule has 1 unspecified atom stereocenters. The molecule has 0 aliphatic carbocycles. The van der Waals surface area contributed by atoms with E-state index < -0.39 is 0 Å². The summed E-state index contributed by atoms with van der Waals surface area (Å²) in [5.74, 6) is 0. The Morgan fingerprint density at radius 3 is 3.27 bits per heavy atom. The minimum atomic E-state index is 0.310. The third kappa shape index (κ3) is 2.30. The molecule has 5 heteroatoms. The van der Waals surface area contributed by atoms with Gasteiger partial charge in [0.05, 0.1) is 11.8 Å². The summed E-state index contributed by atoms with van der Waals surface area (Å²) in [5, 5.41) is 3.04. The van der Waals surface area contributed by atoms with Crippen LogP contribution >= 0.6 is 0 Å². The molecule has 0 saturated carbocycles. The van der Waals surface area contributed by atoms with Gasteiger partial charge in [0, 0.05) is 26.7 Å². The van der Waals surface area contributed by atoms with E-state index >= 15 is 0 Å². The molecule has 0 spiro atoms. The van der Waals surface area contributed by atoms with E-state index in [0.717, 1.165) is 31.7 Å². The number of aromatic nitrogens is 1. The molecular formula is C10H17N3O2. The summed E-state index contributed by atoms with van der Waals surface area (Å²) >= 11 is 0. The van der Waals surface area contributed by atoms with Crippen molar-refractivity contribution in [2.45, 2.75) is 19.1 Å². The van der Waals surface area contributed by atoms with Crippen LogP contribution in [0.3, 0.4) is 0 Å². The van der Waals surface area contributed by atoms with Crippen LogP contribution in [-0.4, -0.2) is 38.3 Å². The van der Waals surface area contributed by atoms with E-state index in [0.29, 0.717) is 12.1 Å². The average Bonchev–Trinajstić information content (AvgIpc) is 2.85. The van der Waals surface area contributed by atoms with Crippen molar-refractivity contribution in [3.63, 3.8) is 0 Å². The van der Waals surface area contributed by atoms with Gasteiger partial charge in [-0.05, 0) is 13.5 Å². The zero-order valence-electron chi connectivity index (χ0n) is 9.19. The molecule has 1 aromatic heterocycles. The van der Waals surface area contributed by atoms with Crippen molar-refractivity contribution in [1.82, 2.24) is 10.3 Å². The van der Waals surface area contributed by atoms with E-state index in [2.05, 4.69) is 15.2 Å². The Kier molecular flexibility index (Phi) is 3.23. The highest BCUT2D eigenvalue weighted by Crippen LogP contribution is 2.20. The van der Waals surface area contributed by atoms with Crippen LogP contribution in [-0.2, 0) is 11.3 Å². The van der Waals surface area contributed by atoms with Crippen LogP contribution in [0.5, 0.6) is 0 Å². The molecule has 0 radical (unpaired) electrons. The van der Waals surface area contributed by atoms with Crippen LogP contribution < -0.4 is 10.2 Å². The Morgan fingerprint density at radius 2 is 2.60 bits per heavy atom. The molecular weight excluding hydrogens is 194 g/mol.